The number of carbonyl (C=O) groups excluding carboxylic acids is 1. The van der Waals surface area contributed by atoms with Gasteiger partial charge in [-0.2, -0.15) is 9.57 Å². The number of sulfonamides is 1. The van der Waals surface area contributed by atoms with Crippen LogP contribution >= 0.6 is 0 Å². The number of rotatable bonds is 1. The fourth-order valence-electron chi connectivity index (χ4n) is 5.26. The van der Waals surface area contributed by atoms with Gasteiger partial charge in [-0.1, -0.05) is 12.1 Å². The van der Waals surface area contributed by atoms with Crippen molar-refractivity contribution in [2.45, 2.75) is 43.0 Å². The molecule has 1 aromatic heterocycles. The van der Waals surface area contributed by atoms with Gasteiger partial charge in [0.15, 0.2) is 0 Å². The zero-order valence-corrected chi connectivity index (χ0v) is 21.7. The summed E-state index contributed by atoms with van der Waals surface area (Å²) in [5.74, 6) is 0.517. The number of nitrogens with one attached hydrogen (secondary N) is 1. The molecule has 9 nitrogen and oxygen atoms in total. The Morgan fingerprint density at radius 1 is 1.22 bits per heavy atom. The van der Waals surface area contributed by atoms with Crippen molar-refractivity contribution >= 4 is 15.9 Å². The Bertz CT molecular complexity index is 1490. The van der Waals surface area contributed by atoms with Gasteiger partial charge in [-0.25, -0.2) is 13.4 Å². The Morgan fingerprint density at radius 2 is 2.05 bits per heavy atom. The topological polar surface area (TPSA) is 117 Å². The fourth-order valence-corrected chi connectivity index (χ4v) is 6.86. The maximum absolute atomic E-state index is 13.4. The number of piperidine rings is 1. The van der Waals surface area contributed by atoms with Crippen LogP contribution in [0.25, 0.3) is 0 Å². The highest BCUT2D eigenvalue weighted by Gasteiger charge is 2.35. The molecule has 3 aromatic rings. The SMILES string of the molecule is Cn1cncc1C1(C)NC(=O)CC[C@@H]2CCCN(C2)S(=O)(=O)c2cccc(c2)Oc2cc1ccc2C#N. The van der Waals surface area contributed by atoms with E-state index in [-0.39, 0.29) is 34.5 Å². The maximum Gasteiger partial charge on any atom is 0.243 e. The van der Waals surface area contributed by atoms with Crippen LogP contribution in [0.2, 0.25) is 0 Å². The Labute approximate surface area is 216 Å². The van der Waals surface area contributed by atoms with Gasteiger partial charge >= 0.3 is 0 Å². The molecule has 0 spiro atoms. The van der Waals surface area contributed by atoms with Crippen molar-refractivity contribution in [1.82, 2.24) is 19.2 Å². The molecule has 0 radical (unpaired) electrons. The van der Waals surface area contributed by atoms with Crippen LogP contribution in [0.15, 0.2) is 59.9 Å². The quantitative estimate of drug-likeness (QED) is 0.524. The first kappa shape index (κ1) is 25.0. The lowest BCUT2D eigenvalue weighted by Gasteiger charge is -2.34. The van der Waals surface area contributed by atoms with Gasteiger partial charge in [-0.05, 0) is 61.9 Å². The second kappa shape index (κ2) is 9.65. The van der Waals surface area contributed by atoms with Crippen LogP contribution in [-0.4, -0.2) is 41.3 Å². The first-order chi connectivity index (χ1) is 17.7. The third-order valence-corrected chi connectivity index (χ3v) is 9.19. The highest BCUT2D eigenvalue weighted by molar-refractivity contribution is 7.89. The van der Waals surface area contributed by atoms with E-state index >= 15 is 0 Å². The van der Waals surface area contributed by atoms with E-state index in [0.29, 0.717) is 30.8 Å². The van der Waals surface area contributed by atoms with Gasteiger partial charge in [0.05, 0.1) is 28.7 Å². The summed E-state index contributed by atoms with van der Waals surface area (Å²) >= 11 is 0. The number of aromatic nitrogens is 2. The molecular formula is C27H29N5O4S. The van der Waals surface area contributed by atoms with E-state index in [0.717, 1.165) is 18.5 Å². The van der Waals surface area contributed by atoms with Crippen molar-refractivity contribution in [2.75, 3.05) is 13.1 Å². The second-order valence-corrected chi connectivity index (χ2v) is 11.8. The summed E-state index contributed by atoms with van der Waals surface area (Å²) in [4.78, 5) is 17.7. The molecule has 0 saturated carbocycles. The van der Waals surface area contributed by atoms with Crippen molar-refractivity contribution in [2.24, 2.45) is 13.0 Å². The number of fused-ring (bicyclic) bond motifs is 6. The number of hydrogen-bond acceptors (Lipinski definition) is 6. The molecule has 3 atom stereocenters. The molecule has 6 bridgehead atoms. The van der Waals surface area contributed by atoms with Crippen molar-refractivity contribution < 1.29 is 17.9 Å². The molecule has 3 heterocycles. The number of nitrogens with zero attached hydrogens (tertiary/aromatic N) is 4. The molecule has 5 rings (SSSR count). The molecule has 2 aliphatic heterocycles. The highest BCUT2D eigenvalue weighted by Crippen LogP contribution is 2.36. The van der Waals surface area contributed by atoms with Crippen LogP contribution in [0.5, 0.6) is 11.5 Å². The van der Waals surface area contributed by atoms with E-state index in [1.807, 2.05) is 18.5 Å². The Kier molecular flexibility index (Phi) is 6.52. The van der Waals surface area contributed by atoms with Crippen molar-refractivity contribution in [3.05, 3.63) is 71.8 Å². The van der Waals surface area contributed by atoms with Gasteiger partial charge in [0.25, 0.3) is 0 Å². The molecule has 192 valence electrons. The average Bonchev–Trinajstić information content (AvgIpc) is 3.34. The molecule has 2 unspecified atom stereocenters. The first-order valence-corrected chi connectivity index (χ1v) is 13.8. The van der Waals surface area contributed by atoms with Crippen molar-refractivity contribution in [1.29, 1.82) is 5.26 Å². The van der Waals surface area contributed by atoms with Crippen LogP contribution in [0, 0.1) is 17.2 Å². The van der Waals surface area contributed by atoms with Gasteiger partial charge in [0.1, 0.15) is 23.1 Å². The lowest BCUT2D eigenvalue weighted by Crippen LogP contribution is -2.46. The molecule has 1 N–H and O–H groups in total. The number of aryl methyl sites for hydroxylation is 1. The summed E-state index contributed by atoms with van der Waals surface area (Å²) < 4.78 is 36.3. The Morgan fingerprint density at radius 3 is 2.81 bits per heavy atom. The average molecular weight is 520 g/mol. The first-order valence-electron chi connectivity index (χ1n) is 12.3. The molecule has 1 saturated heterocycles. The van der Waals surface area contributed by atoms with Gasteiger partial charge in [0, 0.05) is 32.6 Å². The third-order valence-electron chi connectivity index (χ3n) is 7.33. The molecule has 2 aromatic carbocycles. The smallest absolute Gasteiger partial charge is 0.243 e. The number of amides is 1. The van der Waals surface area contributed by atoms with Gasteiger partial charge < -0.3 is 14.6 Å². The fraction of sp³-hybridized carbons (Fsp3) is 0.370. The van der Waals surface area contributed by atoms with Crippen LogP contribution in [0.4, 0.5) is 0 Å². The molecule has 1 fully saturated rings. The Hall–Kier alpha value is -3.68. The molecule has 0 aliphatic carbocycles. The molecule has 10 heteroatoms. The summed E-state index contributed by atoms with van der Waals surface area (Å²) in [7, 11) is -1.87. The summed E-state index contributed by atoms with van der Waals surface area (Å²) in [6.45, 7) is 2.72. The normalized spacial score (nSPS) is 25.4. The number of ether oxygens (including phenoxy) is 1. The number of benzene rings is 2. The number of hydrogen-bond donors (Lipinski definition) is 1. The van der Waals surface area contributed by atoms with Gasteiger partial charge in [-0.15, -0.1) is 0 Å². The van der Waals surface area contributed by atoms with E-state index in [4.69, 9.17) is 4.74 Å². The number of nitriles is 1. The Balaban J connectivity index is 1.66. The van der Waals surface area contributed by atoms with Crippen molar-refractivity contribution in [3.8, 4) is 17.6 Å². The molecule has 37 heavy (non-hydrogen) atoms. The van der Waals surface area contributed by atoms with Gasteiger partial charge in [0.2, 0.25) is 15.9 Å². The molecule has 2 aliphatic rings. The van der Waals surface area contributed by atoms with E-state index in [1.165, 1.54) is 10.4 Å². The standard InChI is InChI=1S/C27H29N5O4S/c1-27(25-16-29-18-31(25)2)21-10-9-20(15-28)24(13-21)36-22-6-3-7-23(14-22)37(34,35)32-12-4-5-19(17-32)8-11-26(33)30-27/h3,6-7,9-10,13-14,16,18-19H,4-5,8,11-12,17H2,1-2H3,(H,30,33)/t19-,27?/m0/s1. The van der Waals surface area contributed by atoms with E-state index < -0.39 is 15.6 Å². The summed E-state index contributed by atoms with van der Waals surface area (Å²) in [5.41, 5.74) is 0.818. The van der Waals surface area contributed by atoms with E-state index in [2.05, 4.69) is 16.4 Å². The summed E-state index contributed by atoms with van der Waals surface area (Å²) in [5, 5.41) is 12.9. The van der Waals surface area contributed by atoms with Crippen LogP contribution < -0.4 is 10.1 Å². The van der Waals surface area contributed by atoms with Crippen LogP contribution in [0.3, 0.4) is 0 Å². The zero-order chi connectivity index (χ0) is 26.2. The lowest BCUT2D eigenvalue weighted by molar-refractivity contribution is -0.123. The van der Waals surface area contributed by atoms with Crippen LogP contribution in [-0.2, 0) is 27.4 Å². The minimum atomic E-state index is -3.73. The van der Waals surface area contributed by atoms with Crippen LogP contribution in [0.1, 0.15) is 49.4 Å². The summed E-state index contributed by atoms with van der Waals surface area (Å²) in [6, 6.07) is 13.7. The summed E-state index contributed by atoms with van der Waals surface area (Å²) in [6.07, 6.45) is 5.85. The predicted octanol–water partition coefficient (Wildman–Crippen LogP) is 3.66. The van der Waals surface area contributed by atoms with E-state index in [1.54, 1.807) is 48.9 Å². The molecule has 1 amide bonds. The molecular weight excluding hydrogens is 490 g/mol. The monoisotopic (exact) mass is 519 g/mol. The second-order valence-electron chi connectivity index (χ2n) is 9.87. The predicted molar refractivity (Wildman–Crippen MR) is 136 cm³/mol. The minimum absolute atomic E-state index is 0.0890. The highest BCUT2D eigenvalue weighted by atomic mass is 32.2. The lowest BCUT2D eigenvalue weighted by atomic mass is 9.87. The minimum Gasteiger partial charge on any atom is -0.456 e. The zero-order valence-electron chi connectivity index (χ0n) is 20.8. The largest absolute Gasteiger partial charge is 0.456 e. The maximum atomic E-state index is 13.4. The number of carbonyl (C=O) groups is 1. The third kappa shape index (κ3) is 4.72. The van der Waals surface area contributed by atoms with Crippen molar-refractivity contribution in [3.63, 3.8) is 0 Å². The van der Waals surface area contributed by atoms with E-state index in [9.17, 15) is 18.5 Å². The van der Waals surface area contributed by atoms with Gasteiger partial charge in [-0.3, -0.25) is 4.79 Å². The number of imidazole rings is 1.